The van der Waals surface area contributed by atoms with Crippen molar-refractivity contribution in [3.8, 4) is 0 Å². The SMILES string of the molecule is CCN(Cc1cc(F)ccc1F)Cc1ccccc1CN. The molecule has 0 bridgehead atoms. The van der Waals surface area contributed by atoms with Crippen LogP contribution in [0.15, 0.2) is 42.5 Å². The van der Waals surface area contributed by atoms with E-state index in [0.29, 0.717) is 25.2 Å². The molecule has 2 rings (SSSR count). The molecule has 0 amide bonds. The first-order chi connectivity index (χ1) is 10.1. The van der Waals surface area contributed by atoms with Crippen LogP contribution in [-0.2, 0) is 19.6 Å². The van der Waals surface area contributed by atoms with Crippen LogP contribution in [0.4, 0.5) is 8.78 Å². The molecule has 4 heteroatoms. The number of hydrogen-bond donors (Lipinski definition) is 1. The van der Waals surface area contributed by atoms with E-state index in [4.69, 9.17) is 5.73 Å². The largest absolute Gasteiger partial charge is 0.326 e. The van der Waals surface area contributed by atoms with Gasteiger partial charge in [-0.1, -0.05) is 31.2 Å². The molecule has 2 aromatic carbocycles. The molecule has 21 heavy (non-hydrogen) atoms. The van der Waals surface area contributed by atoms with E-state index in [1.165, 1.54) is 12.1 Å². The van der Waals surface area contributed by atoms with Crippen molar-refractivity contribution in [3.05, 3.63) is 70.8 Å². The Morgan fingerprint density at radius 3 is 2.29 bits per heavy atom. The van der Waals surface area contributed by atoms with Crippen LogP contribution in [0.2, 0.25) is 0 Å². The van der Waals surface area contributed by atoms with E-state index in [9.17, 15) is 8.78 Å². The van der Waals surface area contributed by atoms with Crippen LogP contribution in [0.1, 0.15) is 23.6 Å². The van der Waals surface area contributed by atoms with Crippen LogP contribution < -0.4 is 5.73 Å². The minimum atomic E-state index is -0.412. The molecule has 0 aliphatic rings. The van der Waals surface area contributed by atoms with Crippen molar-refractivity contribution < 1.29 is 8.78 Å². The molecule has 0 fully saturated rings. The topological polar surface area (TPSA) is 29.3 Å². The van der Waals surface area contributed by atoms with Crippen LogP contribution in [0.5, 0.6) is 0 Å². The van der Waals surface area contributed by atoms with Gasteiger partial charge in [0.1, 0.15) is 11.6 Å². The first-order valence-electron chi connectivity index (χ1n) is 7.07. The monoisotopic (exact) mass is 290 g/mol. The standard InChI is InChI=1S/C17H20F2N2/c1-2-21(11-14-6-4-3-5-13(14)10-20)12-15-9-16(18)7-8-17(15)19/h3-9H,2,10-12,20H2,1H3. The van der Waals surface area contributed by atoms with Gasteiger partial charge in [-0.15, -0.1) is 0 Å². The molecule has 112 valence electrons. The van der Waals surface area contributed by atoms with Gasteiger partial charge in [0.25, 0.3) is 0 Å². The van der Waals surface area contributed by atoms with Gasteiger partial charge in [-0.2, -0.15) is 0 Å². The highest BCUT2D eigenvalue weighted by Crippen LogP contribution is 2.16. The van der Waals surface area contributed by atoms with E-state index in [1.54, 1.807) is 0 Å². The van der Waals surface area contributed by atoms with Gasteiger partial charge in [0, 0.05) is 25.2 Å². The number of nitrogens with zero attached hydrogens (tertiary/aromatic N) is 1. The Kier molecular flexibility index (Phi) is 5.42. The lowest BCUT2D eigenvalue weighted by Crippen LogP contribution is -2.24. The molecule has 0 aliphatic carbocycles. The zero-order valence-electron chi connectivity index (χ0n) is 12.2. The van der Waals surface area contributed by atoms with E-state index in [0.717, 1.165) is 23.7 Å². The Morgan fingerprint density at radius 1 is 0.952 bits per heavy atom. The Morgan fingerprint density at radius 2 is 1.62 bits per heavy atom. The van der Waals surface area contributed by atoms with Gasteiger partial charge in [-0.25, -0.2) is 8.78 Å². The second-order valence-corrected chi connectivity index (χ2v) is 5.01. The third-order valence-electron chi connectivity index (χ3n) is 3.58. The predicted molar refractivity (Wildman–Crippen MR) is 80.5 cm³/mol. The molecular formula is C17H20F2N2. The molecule has 0 radical (unpaired) electrons. The van der Waals surface area contributed by atoms with Gasteiger partial charge < -0.3 is 5.73 Å². The van der Waals surface area contributed by atoms with Gasteiger partial charge in [0.15, 0.2) is 0 Å². The summed E-state index contributed by atoms with van der Waals surface area (Å²) in [6, 6.07) is 11.5. The zero-order chi connectivity index (χ0) is 15.2. The van der Waals surface area contributed by atoms with Gasteiger partial charge in [-0.05, 0) is 35.9 Å². The maximum atomic E-state index is 13.7. The van der Waals surface area contributed by atoms with Crippen molar-refractivity contribution in [2.45, 2.75) is 26.6 Å². The van der Waals surface area contributed by atoms with Crippen LogP contribution in [0, 0.1) is 11.6 Å². The normalized spacial score (nSPS) is 11.1. The van der Waals surface area contributed by atoms with E-state index < -0.39 is 5.82 Å². The summed E-state index contributed by atoms with van der Waals surface area (Å²) in [6.07, 6.45) is 0. The van der Waals surface area contributed by atoms with Crippen LogP contribution in [0.3, 0.4) is 0 Å². The lowest BCUT2D eigenvalue weighted by Gasteiger charge is -2.22. The highest BCUT2D eigenvalue weighted by Gasteiger charge is 2.11. The maximum Gasteiger partial charge on any atom is 0.127 e. The highest BCUT2D eigenvalue weighted by molar-refractivity contribution is 5.27. The Hall–Kier alpha value is -1.78. The fourth-order valence-corrected chi connectivity index (χ4v) is 2.34. The summed E-state index contributed by atoms with van der Waals surface area (Å²) in [7, 11) is 0. The third kappa shape index (κ3) is 4.09. The summed E-state index contributed by atoms with van der Waals surface area (Å²) < 4.78 is 27.0. The molecule has 0 atom stereocenters. The van der Waals surface area contributed by atoms with Crippen molar-refractivity contribution in [2.24, 2.45) is 5.73 Å². The lowest BCUT2D eigenvalue weighted by atomic mass is 10.1. The van der Waals surface area contributed by atoms with Gasteiger partial charge in [0.2, 0.25) is 0 Å². The molecule has 0 saturated carbocycles. The van der Waals surface area contributed by atoms with Gasteiger partial charge in [-0.3, -0.25) is 4.90 Å². The minimum Gasteiger partial charge on any atom is -0.326 e. The second kappa shape index (κ2) is 7.29. The Labute approximate surface area is 124 Å². The van der Waals surface area contributed by atoms with Crippen molar-refractivity contribution in [1.82, 2.24) is 4.90 Å². The molecule has 0 saturated heterocycles. The van der Waals surface area contributed by atoms with Crippen molar-refractivity contribution in [2.75, 3.05) is 6.54 Å². The number of benzene rings is 2. The molecule has 0 aromatic heterocycles. The van der Waals surface area contributed by atoms with Crippen LogP contribution >= 0.6 is 0 Å². The molecule has 0 spiro atoms. The molecule has 2 nitrogen and oxygen atoms in total. The second-order valence-electron chi connectivity index (χ2n) is 5.01. The molecule has 0 unspecified atom stereocenters. The first-order valence-corrected chi connectivity index (χ1v) is 7.07. The summed E-state index contributed by atoms with van der Waals surface area (Å²) in [6.45, 7) is 4.26. The van der Waals surface area contributed by atoms with Crippen molar-refractivity contribution in [3.63, 3.8) is 0 Å². The van der Waals surface area contributed by atoms with Crippen molar-refractivity contribution >= 4 is 0 Å². The molecule has 2 aromatic rings. The van der Waals surface area contributed by atoms with E-state index in [-0.39, 0.29) is 5.82 Å². The van der Waals surface area contributed by atoms with Gasteiger partial charge in [0.05, 0.1) is 0 Å². The van der Waals surface area contributed by atoms with E-state index in [1.807, 2.05) is 31.2 Å². The zero-order valence-corrected chi connectivity index (χ0v) is 12.2. The van der Waals surface area contributed by atoms with Crippen molar-refractivity contribution in [1.29, 1.82) is 0 Å². The summed E-state index contributed by atoms with van der Waals surface area (Å²) >= 11 is 0. The summed E-state index contributed by atoms with van der Waals surface area (Å²) in [5, 5.41) is 0. The molecule has 0 heterocycles. The van der Waals surface area contributed by atoms with E-state index in [2.05, 4.69) is 4.90 Å². The first kappa shape index (κ1) is 15.6. The summed E-state index contributed by atoms with van der Waals surface area (Å²) in [5.41, 5.74) is 8.32. The average Bonchev–Trinajstić information content (AvgIpc) is 2.50. The quantitative estimate of drug-likeness (QED) is 0.883. The number of hydrogen-bond acceptors (Lipinski definition) is 2. The lowest BCUT2D eigenvalue weighted by molar-refractivity contribution is 0.266. The Bertz CT molecular complexity index is 599. The van der Waals surface area contributed by atoms with Gasteiger partial charge >= 0.3 is 0 Å². The van der Waals surface area contributed by atoms with Crippen LogP contribution in [-0.4, -0.2) is 11.4 Å². The van der Waals surface area contributed by atoms with E-state index >= 15 is 0 Å². The summed E-state index contributed by atoms with van der Waals surface area (Å²) in [4.78, 5) is 2.06. The molecular weight excluding hydrogens is 270 g/mol. The third-order valence-corrected chi connectivity index (χ3v) is 3.58. The fraction of sp³-hybridized carbons (Fsp3) is 0.294. The maximum absolute atomic E-state index is 13.7. The average molecular weight is 290 g/mol. The minimum absolute atomic E-state index is 0.373. The Balaban J connectivity index is 2.15. The fourth-order valence-electron chi connectivity index (χ4n) is 2.34. The number of halogens is 2. The highest BCUT2D eigenvalue weighted by atomic mass is 19.1. The number of rotatable bonds is 6. The predicted octanol–water partition coefficient (Wildman–Crippen LogP) is 3.45. The summed E-state index contributed by atoms with van der Waals surface area (Å²) in [5.74, 6) is -0.785. The molecule has 2 N–H and O–H groups in total. The number of nitrogens with two attached hydrogens (primary N) is 1. The molecule has 0 aliphatic heterocycles. The smallest absolute Gasteiger partial charge is 0.127 e. The van der Waals surface area contributed by atoms with Crippen LogP contribution in [0.25, 0.3) is 0 Å².